The SMILES string of the molecule is NC(=O)[C@@H]1CCCN(c2ccc(CNCc3ccccc3F)cc2)C1. The fraction of sp³-hybridized carbons (Fsp3) is 0.350. The Bertz CT molecular complexity index is 717. The van der Waals surface area contributed by atoms with Gasteiger partial charge < -0.3 is 16.0 Å². The molecule has 5 heteroatoms. The molecule has 0 spiro atoms. The number of nitrogens with zero attached hydrogens (tertiary/aromatic N) is 1. The van der Waals surface area contributed by atoms with Crippen molar-refractivity contribution in [2.24, 2.45) is 11.7 Å². The minimum atomic E-state index is -0.210. The lowest BCUT2D eigenvalue weighted by Crippen LogP contribution is -2.41. The normalized spacial score (nSPS) is 17.5. The summed E-state index contributed by atoms with van der Waals surface area (Å²) in [5.74, 6) is -0.450. The predicted octanol–water partition coefficient (Wildman–Crippen LogP) is 2.82. The Morgan fingerprint density at radius 2 is 1.92 bits per heavy atom. The maximum absolute atomic E-state index is 13.6. The standard InChI is InChI=1S/C20H24FN3O/c21-19-6-2-1-4-16(19)13-23-12-15-7-9-18(10-8-15)24-11-3-5-17(14-24)20(22)25/h1-2,4,6-10,17,23H,3,5,11-14H2,(H2,22,25)/t17-/m1/s1. The summed E-state index contributed by atoms with van der Waals surface area (Å²) in [4.78, 5) is 13.6. The molecule has 1 heterocycles. The molecule has 1 atom stereocenters. The molecule has 0 unspecified atom stereocenters. The second kappa shape index (κ2) is 8.12. The van der Waals surface area contributed by atoms with E-state index in [1.807, 2.05) is 6.07 Å². The molecule has 2 aromatic carbocycles. The van der Waals surface area contributed by atoms with Gasteiger partial charge in [0.25, 0.3) is 0 Å². The van der Waals surface area contributed by atoms with Gasteiger partial charge in [-0.3, -0.25) is 4.79 Å². The molecule has 0 aromatic heterocycles. The number of carbonyl (C=O) groups excluding carboxylic acids is 1. The monoisotopic (exact) mass is 341 g/mol. The zero-order valence-electron chi connectivity index (χ0n) is 14.2. The first kappa shape index (κ1) is 17.4. The lowest BCUT2D eigenvalue weighted by Gasteiger charge is -2.33. The number of nitrogens with two attached hydrogens (primary N) is 1. The summed E-state index contributed by atoms with van der Waals surface area (Å²) in [6, 6.07) is 15.1. The maximum atomic E-state index is 13.6. The van der Waals surface area contributed by atoms with E-state index in [2.05, 4.69) is 34.5 Å². The Kier molecular flexibility index (Phi) is 5.66. The van der Waals surface area contributed by atoms with Gasteiger partial charge in [-0.15, -0.1) is 0 Å². The Labute approximate surface area is 147 Å². The molecule has 0 radical (unpaired) electrons. The lowest BCUT2D eigenvalue weighted by atomic mass is 9.97. The minimum absolute atomic E-state index is 0.0594. The molecule has 2 aromatic rings. The second-order valence-corrected chi connectivity index (χ2v) is 6.55. The van der Waals surface area contributed by atoms with Crippen molar-refractivity contribution >= 4 is 11.6 Å². The molecular formula is C20H24FN3O. The van der Waals surface area contributed by atoms with E-state index in [9.17, 15) is 9.18 Å². The number of hydrogen-bond donors (Lipinski definition) is 2. The summed E-state index contributed by atoms with van der Waals surface area (Å²) < 4.78 is 13.6. The summed E-state index contributed by atoms with van der Waals surface area (Å²) in [6.07, 6.45) is 1.86. The predicted molar refractivity (Wildman–Crippen MR) is 97.5 cm³/mol. The van der Waals surface area contributed by atoms with E-state index < -0.39 is 0 Å². The van der Waals surface area contributed by atoms with Gasteiger partial charge in [0.05, 0.1) is 5.92 Å². The number of nitrogens with one attached hydrogen (secondary N) is 1. The number of rotatable bonds is 6. The molecule has 0 saturated carbocycles. The van der Waals surface area contributed by atoms with Crippen LogP contribution in [-0.4, -0.2) is 19.0 Å². The van der Waals surface area contributed by atoms with Crippen LogP contribution in [-0.2, 0) is 17.9 Å². The molecule has 132 valence electrons. The molecule has 0 bridgehead atoms. The molecule has 25 heavy (non-hydrogen) atoms. The van der Waals surface area contributed by atoms with Gasteiger partial charge in [-0.2, -0.15) is 0 Å². The van der Waals surface area contributed by atoms with Crippen LogP contribution >= 0.6 is 0 Å². The van der Waals surface area contributed by atoms with Gasteiger partial charge in [-0.25, -0.2) is 4.39 Å². The van der Waals surface area contributed by atoms with Gasteiger partial charge in [-0.1, -0.05) is 30.3 Å². The van der Waals surface area contributed by atoms with Crippen LogP contribution in [0.2, 0.25) is 0 Å². The number of carbonyl (C=O) groups is 1. The number of amides is 1. The molecule has 1 saturated heterocycles. The molecule has 1 aliphatic heterocycles. The first-order valence-electron chi connectivity index (χ1n) is 8.71. The fourth-order valence-corrected chi connectivity index (χ4v) is 3.25. The molecule has 1 amide bonds. The van der Waals surface area contributed by atoms with E-state index in [4.69, 9.17) is 5.73 Å². The largest absolute Gasteiger partial charge is 0.371 e. The zero-order valence-corrected chi connectivity index (χ0v) is 14.2. The Hall–Kier alpha value is -2.40. The summed E-state index contributed by atoms with van der Waals surface area (Å²) in [5, 5.41) is 3.27. The van der Waals surface area contributed by atoms with Crippen molar-refractivity contribution in [3.8, 4) is 0 Å². The fourth-order valence-electron chi connectivity index (χ4n) is 3.25. The molecular weight excluding hydrogens is 317 g/mol. The van der Waals surface area contributed by atoms with Crippen LogP contribution in [0.15, 0.2) is 48.5 Å². The van der Waals surface area contributed by atoms with Crippen LogP contribution in [0, 0.1) is 11.7 Å². The van der Waals surface area contributed by atoms with Crippen molar-refractivity contribution in [2.45, 2.75) is 25.9 Å². The third-order valence-electron chi connectivity index (χ3n) is 4.73. The Morgan fingerprint density at radius 3 is 2.64 bits per heavy atom. The average Bonchev–Trinajstić information content (AvgIpc) is 2.64. The maximum Gasteiger partial charge on any atom is 0.222 e. The Morgan fingerprint density at radius 1 is 1.16 bits per heavy atom. The van der Waals surface area contributed by atoms with Gasteiger partial charge in [0, 0.05) is 37.4 Å². The summed E-state index contributed by atoms with van der Waals surface area (Å²) in [7, 11) is 0. The third-order valence-corrected chi connectivity index (χ3v) is 4.73. The van der Waals surface area contributed by atoms with Crippen LogP contribution in [0.25, 0.3) is 0 Å². The van der Waals surface area contributed by atoms with Crippen LogP contribution in [0.4, 0.5) is 10.1 Å². The van der Waals surface area contributed by atoms with Crippen molar-refractivity contribution in [2.75, 3.05) is 18.0 Å². The molecule has 1 aliphatic rings. The van der Waals surface area contributed by atoms with Crippen molar-refractivity contribution in [3.63, 3.8) is 0 Å². The van der Waals surface area contributed by atoms with Crippen molar-refractivity contribution in [1.82, 2.24) is 5.32 Å². The molecule has 1 fully saturated rings. The van der Waals surface area contributed by atoms with Gasteiger partial charge in [-0.05, 0) is 36.6 Å². The van der Waals surface area contributed by atoms with Gasteiger partial charge in [0.1, 0.15) is 5.82 Å². The number of benzene rings is 2. The quantitative estimate of drug-likeness (QED) is 0.849. The molecule has 3 rings (SSSR count). The van der Waals surface area contributed by atoms with Gasteiger partial charge in [0.2, 0.25) is 5.91 Å². The van der Waals surface area contributed by atoms with Crippen LogP contribution < -0.4 is 16.0 Å². The Balaban J connectivity index is 1.53. The van der Waals surface area contributed by atoms with E-state index in [1.54, 1.807) is 12.1 Å². The van der Waals surface area contributed by atoms with E-state index in [-0.39, 0.29) is 17.6 Å². The lowest BCUT2D eigenvalue weighted by molar-refractivity contribution is -0.122. The van der Waals surface area contributed by atoms with Gasteiger partial charge in [0.15, 0.2) is 0 Å². The summed E-state index contributed by atoms with van der Waals surface area (Å²) in [5.41, 5.74) is 8.37. The van der Waals surface area contributed by atoms with E-state index in [0.29, 0.717) is 25.2 Å². The number of piperidine rings is 1. The number of primary amides is 1. The summed E-state index contributed by atoms with van der Waals surface area (Å²) >= 11 is 0. The first-order valence-corrected chi connectivity index (χ1v) is 8.71. The smallest absolute Gasteiger partial charge is 0.222 e. The minimum Gasteiger partial charge on any atom is -0.371 e. The number of anilines is 1. The van der Waals surface area contributed by atoms with Crippen molar-refractivity contribution in [1.29, 1.82) is 0 Å². The highest BCUT2D eigenvalue weighted by molar-refractivity contribution is 5.77. The highest BCUT2D eigenvalue weighted by Crippen LogP contribution is 2.23. The van der Waals surface area contributed by atoms with Gasteiger partial charge >= 0.3 is 0 Å². The second-order valence-electron chi connectivity index (χ2n) is 6.55. The highest BCUT2D eigenvalue weighted by atomic mass is 19.1. The summed E-state index contributed by atoms with van der Waals surface area (Å²) in [6.45, 7) is 2.83. The number of hydrogen-bond acceptors (Lipinski definition) is 3. The zero-order chi connectivity index (χ0) is 17.6. The molecule has 3 N–H and O–H groups in total. The van der Waals surface area contributed by atoms with Crippen LogP contribution in [0.3, 0.4) is 0 Å². The first-order chi connectivity index (χ1) is 12.1. The van der Waals surface area contributed by atoms with Crippen LogP contribution in [0.5, 0.6) is 0 Å². The van der Waals surface area contributed by atoms with E-state index in [0.717, 1.165) is 30.6 Å². The van der Waals surface area contributed by atoms with E-state index in [1.165, 1.54) is 6.07 Å². The topological polar surface area (TPSA) is 58.4 Å². The van der Waals surface area contributed by atoms with E-state index >= 15 is 0 Å². The van der Waals surface area contributed by atoms with Crippen molar-refractivity contribution in [3.05, 3.63) is 65.5 Å². The van der Waals surface area contributed by atoms with Crippen LogP contribution in [0.1, 0.15) is 24.0 Å². The molecule has 0 aliphatic carbocycles. The average molecular weight is 341 g/mol. The van der Waals surface area contributed by atoms with Crippen molar-refractivity contribution < 1.29 is 9.18 Å². The molecule has 4 nitrogen and oxygen atoms in total. The third kappa shape index (κ3) is 4.57. The number of halogens is 1. The highest BCUT2D eigenvalue weighted by Gasteiger charge is 2.23.